The molecule has 0 fully saturated rings. The van der Waals surface area contributed by atoms with Crippen molar-refractivity contribution in [3.63, 3.8) is 0 Å². The molecule has 9 aromatic carbocycles. The lowest BCUT2D eigenvalue weighted by Crippen LogP contribution is -2.09. The smallest absolute Gasteiger partial charge is 0.135 e. The standard InChI is InChI=1S/C52H34N2O/c1-2-12-41(13-3-1)53(43-27-20-37(21-28-43)40-24-31-52-48(34-40)46-15-7-9-17-51(46)55-52)42-25-18-36(19-26-42)39-23-30-50-47(33-39)45-14-6-8-16-49(45)54(50)44-29-22-35-10-4-5-11-38(35)32-44/h1-34H. The van der Waals surface area contributed by atoms with Crippen molar-refractivity contribution in [1.82, 2.24) is 4.57 Å². The molecule has 0 saturated heterocycles. The van der Waals surface area contributed by atoms with Crippen LogP contribution in [0.15, 0.2) is 211 Å². The van der Waals surface area contributed by atoms with E-state index in [0.29, 0.717) is 0 Å². The summed E-state index contributed by atoms with van der Waals surface area (Å²) in [4.78, 5) is 2.32. The van der Waals surface area contributed by atoms with Crippen LogP contribution in [0.3, 0.4) is 0 Å². The monoisotopic (exact) mass is 702 g/mol. The summed E-state index contributed by atoms with van der Waals surface area (Å²) in [7, 11) is 0. The minimum Gasteiger partial charge on any atom is -0.456 e. The van der Waals surface area contributed by atoms with E-state index in [9.17, 15) is 0 Å². The second kappa shape index (κ2) is 12.6. The van der Waals surface area contributed by atoms with Gasteiger partial charge in [-0.15, -0.1) is 0 Å². The molecule has 0 aliphatic heterocycles. The van der Waals surface area contributed by atoms with Crippen LogP contribution < -0.4 is 4.90 Å². The molecule has 0 unspecified atom stereocenters. The van der Waals surface area contributed by atoms with Gasteiger partial charge in [0.15, 0.2) is 0 Å². The van der Waals surface area contributed by atoms with Crippen molar-refractivity contribution in [2.75, 3.05) is 4.90 Å². The van der Waals surface area contributed by atoms with Crippen molar-refractivity contribution in [3.05, 3.63) is 206 Å². The van der Waals surface area contributed by atoms with Gasteiger partial charge in [0.25, 0.3) is 0 Å². The maximum absolute atomic E-state index is 6.09. The van der Waals surface area contributed by atoms with Gasteiger partial charge in [0.05, 0.1) is 11.0 Å². The predicted molar refractivity (Wildman–Crippen MR) is 231 cm³/mol. The Bertz CT molecular complexity index is 3190. The number of para-hydroxylation sites is 3. The summed E-state index contributed by atoms with van der Waals surface area (Å²) in [6.45, 7) is 0. The fraction of sp³-hybridized carbons (Fsp3) is 0. The van der Waals surface area contributed by atoms with Gasteiger partial charge in [-0.1, -0.05) is 121 Å². The largest absolute Gasteiger partial charge is 0.456 e. The zero-order valence-electron chi connectivity index (χ0n) is 29.9. The molecule has 3 heteroatoms. The second-order valence-corrected chi connectivity index (χ2v) is 14.2. The Morgan fingerprint density at radius 3 is 1.64 bits per heavy atom. The number of rotatable bonds is 6. The lowest BCUT2D eigenvalue weighted by atomic mass is 10.0. The number of aromatic nitrogens is 1. The third-order valence-corrected chi connectivity index (χ3v) is 11.0. The Morgan fingerprint density at radius 2 is 0.873 bits per heavy atom. The topological polar surface area (TPSA) is 21.3 Å². The van der Waals surface area contributed by atoms with E-state index in [1.807, 2.05) is 12.1 Å². The molecule has 55 heavy (non-hydrogen) atoms. The fourth-order valence-corrected chi connectivity index (χ4v) is 8.28. The zero-order valence-corrected chi connectivity index (χ0v) is 29.9. The van der Waals surface area contributed by atoms with Gasteiger partial charge in [0, 0.05) is 44.3 Å². The molecule has 0 bridgehead atoms. The highest BCUT2D eigenvalue weighted by Crippen LogP contribution is 2.39. The van der Waals surface area contributed by atoms with Gasteiger partial charge in [0.2, 0.25) is 0 Å². The quantitative estimate of drug-likeness (QED) is 0.172. The number of furan rings is 1. The maximum Gasteiger partial charge on any atom is 0.135 e. The summed E-state index contributed by atoms with van der Waals surface area (Å²) < 4.78 is 8.48. The number of nitrogens with zero attached hydrogens (tertiary/aromatic N) is 2. The minimum atomic E-state index is 0.910. The van der Waals surface area contributed by atoms with Crippen LogP contribution in [-0.4, -0.2) is 4.57 Å². The van der Waals surface area contributed by atoms with Gasteiger partial charge in [-0.3, -0.25) is 0 Å². The number of hydrogen-bond donors (Lipinski definition) is 0. The molecule has 11 aromatic rings. The Balaban J connectivity index is 0.948. The van der Waals surface area contributed by atoms with Crippen LogP contribution in [-0.2, 0) is 0 Å². The third kappa shape index (κ3) is 5.28. The molecule has 2 aromatic heterocycles. The average Bonchev–Trinajstić information content (AvgIpc) is 3.80. The van der Waals surface area contributed by atoms with Gasteiger partial charge in [-0.2, -0.15) is 0 Å². The molecule has 0 saturated carbocycles. The predicted octanol–water partition coefficient (Wildman–Crippen LogP) is 14.6. The molecule has 3 nitrogen and oxygen atoms in total. The van der Waals surface area contributed by atoms with Crippen molar-refractivity contribution in [3.8, 4) is 27.9 Å². The van der Waals surface area contributed by atoms with Gasteiger partial charge >= 0.3 is 0 Å². The first kappa shape index (κ1) is 31.2. The summed E-state index contributed by atoms with van der Waals surface area (Å²) in [5, 5.41) is 7.26. The summed E-state index contributed by atoms with van der Waals surface area (Å²) in [5.74, 6) is 0. The van der Waals surface area contributed by atoms with Gasteiger partial charge in [-0.05, 0) is 118 Å². The summed E-state index contributed by atoms with van der Waals surface area (Å²) in [6.07, 6.45) is 0. The van der Waals surface area contributed by atoms with E-state index in [0.717, 1.165) is 44.6 Å². The zero-order chi connectivity index (χ0) is 36.3. The molecule has 2 heterocycles. The molecule has 258 valence electrons. The van der Waals surface area contributed by atoms with Crippen LogP contribution in [0, 0.1) is 0 Å². The first-order chi connectivity index (χ1) is 27.2. The molecular formula is C52H34N2O. The highest BCUT2D eigenvalue weighted by atomic mass is 16.3. The lowest BCUT2D eigenvalue weighted by Gasteiger charge is -2.26. The van der Waals surface area contributed by atoms with Crippen LogP contribution in [0.25, 0.3) is 82.5 Å². The molecular weight excluding hydrogens is 669 g/mol. The van der Waals surface area contributed by atoms with E-state index >= 15 is 0 Å². The van der Waals surface area contributed by atoms with Crippen molar-refractivity contribution < 1.29 is 4.42 Å². The minimum absolute atomic E-state index is 0.910. The Kier molecular flexibility index (Phi) is 7.17. The number of anilines is 3. The summed E-state index contributed by atoms with van der Waals surface area (Å²) in [6, 6.07) is 74.0. The van der Waals surface area contributed by atoms with Gasteiger partial charge in [0.1, 0.15) is 11.2 Å². The second-order valence-electron chi connectivity index (χ2n) is 14.2. The first-order valence-corrected chi connectivity index (χ1v) is 18.7. The normalized spacial score (nSPS) is 11.6. The van der Waals surface area contributed by atoms with E-state index in [2.05, 4.69) is 204 Å². The third-order valence-electron chi connectivity index (χ3n) is 11.0. The highest BCUT2D eigenvalue weighted by Gasteiger charge is 2.16. The summed E-state index contributed by atoms with van der Waals surface area (Å²) >= 11 is 0. The van der Waals surface area contributed by atoms with Crippen molar-refractivity contribution in [2.24, 2.45) is 0 Å². The molecule has 0 N–H and O–H groups in total. The average molecular weight is 703 g/mol. The van der Waals surface area contributed by atoms with Crippen molar-refractivity contribution in [1.29, 1.82) is 0 Å². The lowest BCUT2D eigenvalue weighted by molar-refractivity contribution is 0.669. The maximum atomic E-state index is 6.09. The first-order valence-electron chi connectivity index (χ1n) is 18.7. The number of hydrogen-bond acceptors (Lipinski definition) is 2. The molecule has 11 rings (SSSR count). The van der Waals surface area contributed by atoms with Gasteiger partial charge < -0.3 is 13.9 Å². The Labute approximate surface area is 318 Å². The van der Waals surface area contributed by atoms with E-state index < -0.39 is 0 Å². The summed E-state index contributed by atoms with van der Waals surface area (Å²) in [5.41, 5.74) is 13.4. The van der Waals surface area contributed by atoms with Crippen LogP contribution in [0.5, 0.6) is 0 Å². The van der Waals surface area contributed by atoms with Crippen LogP contribution in [0.2, 0.25) is 0 Å². The van der Waals surface area contributed by atoms with E-state index in [4.69, 9.17) is 4.42 Å². The van der Waals surface area contributed by atoms with E-state index in [1.165, 1.54) is 55.0 Å². The molecule has 0 amide bonds. The van der Waals surface area contributed by atoms with Crippen LogP contribution in [0.1, 0.15) is 0 Å². The van der Waals surface area contributed by atoms with E-state index in [1.54, 1.807) is 0 Å². The molecule has 0 radical (unpaired) electrons. The van der Waals surface area contributed by atoms with Crippen molar-refractivity contribution >= 4 is 71.6 Å². The molecule has 0 aliphatic carbocycles. The number of benzene rings is 9. The molecule has 0 aliphatic rings. The Hall–Kier alpha value is -7.36. The van der Waals surface area contributed by atoms with Crippen LogP contribution >= 0.6 is 0 Å². The van der Waals surface area contributed by atoms with Gasteiger partial charge in [-0.25, -0.2) is 0 Å². The fourth-order valence-electron chi connectivity index (χ4n) is 8.28. The number of fused-ring (bicyclic) bond motifs is 7. The molecule has 0 spiro atoms. The SMILES string of the molecule is c1ccc(N(c2ccc(-c3ccc4oc5ccccc5c4c3)cc2)c2ccc(-c3ccc4c(c3)c3ccccc3n4-c3ccc4ccccc4c3)cc2)cc1. The van der Waals surface area contributed by atoms with Crippen LogP contribution in [0.4, 0.5) is 17.1 Å². The van der Waals surface area contributed by atoms with E-state index in [-0.39, 0.29) is 0 Å². The molecule has 0 atom stereocenters. The Morgan fingerprint density at radius 1 is 0.327 bits per heavy atom. The van der Waals surface area contributed by atoms with Crippen molar-refractivity contribution in [2.45, 2.75) is 0 Å². The highest BCUT2D eigenvalue weighted by molar-refractivity contribution is 6.11.